The minimum Gasteiger partial charge on any atom is -0.497 e. The fraction of sp³-hybridized carbons (Fsp3) is 0.250. The number of aromatic amines is 1. The number of ether oxygens (including phenoxy) is 1. The Morgan fingerprint density at radius 1 is 0.886 bits per heavy atom. The minimum atomic E-state index is -3.54. The minimum absolute atomic E-state index is 0.296. The van der Waals surface area contributed by atoms with Crippen molar-refractivity contribution < 1.29 is 13.2 Å². The summed E-state index contributed by atoms with van der Waals surface area (Å²) in [5.41, 5.74) is 4.96. The number of nitrogens with one attached hydrogen (secondary N) is 2. The van der Waals surface area contributed by atoms with E-state index < -0.39 is 10.0 Å². The Kier molecular flexibility index (Phi) is 8.00. The second-order valence-electron chi connectivity index (χ2n) is 8.40. The number of hydrogen-bond acceptors (Lipinski definition) is 4. The highest BCUT2D eigenvalue weighted by Gasteiger charge is 2.16. The van der Waals surface area contributed by atoms with Gasteiger partial charge in [-0.25, -0.2) is 18.1 Å². The van der Waals surface area contributed by atoms with Crippen LogP contribution in [0.25, 0.3) is 22.6 Å². The zero-order valence-corrected chi connectivity index (χ0v) is 20.9. The molecule has 0 fully saturated rings. The van der Waals surface area contributed by atoms with Gasteiger partial charge in [0.05, 0.1) is 17.7 Å². The lowest BCUT2D eigenvalue weighted by Crippen LogP contribution is -2.25. The third kappa shape index (κ3) is 6.18. The first kappa shape index (κ1) is 24.7. The summed E-state index contributed by atoms with van der Waals surface area (Å²) in [5, 5.41) is 0. The van der Waals surface area contributed by atoms with Gasteiger partial charge >= 0.3 is 0 Å². The standard InChI is InChI=1S/C28H31N3O3S/c1-3-8-21-12-18-25(19-13-21)35(32,33)29-20-7-11-26-27(22-14-16-24(34-2)17-15-22)31-28(30-26)23-9-5-4-6-10-23/h4-6,9-10,12-19,29H,3,7-8,11,20H2,1-2H3,(H,30,31). The molecule has 0 unspecified atom stereocenters. The van der Waals surface area contributed by atoms with Gasteiger partial charge in [-0.15, -0.1) is 0 Å². The molecule has 182 valence electrons. The van der Waals surface area contributed by atoms with Crippen molar-refractivity contribution in [1.29, 1.82) is 0 Å². The fourth-order valence-corrected chi connectivity index (χ4v) is 5.06. The number of H-pyrrole nitrogens is 1. The Balaban J connectivity index is 1.47. The van der Waals surface area contributed by atoms with Gasteiger partial charge in [0.2, 0.25) is 10.0 Å². The topological polar surface area (TPSA) is 84.1 Å². The Hall–Kier alpha value is -3.42. The Bertz CT molecular complexity index is 1330. The quantitative estimate of drug-likeness (QED) is 0.268. The summed E-state index contributed by atoms with van der Waals surface area (Å²) in [6.07, 6.45) is 3.26. The molecule has 3 aromatic carbocycles. The number of methoxy groups -OCH3 is 1. The molecule has 7 heteroatoms. The van der Waals surface area contributed by atoms with E-state index in [1.807, 2.05) is 66.7 Å². The Morgan fingerprint density at radius 3 is 2.26 bits per heavy atom. The molecule has 0 saturated carbocycles. The fourth-order valence-electron chi connectivity index (χ4n) is 3.99. The number of imidazole rings is 1. The summed E-state index contributed by atoms with van der Waals surface area (Å²) < 4.78 is 33.4. The van der Waals surface area contributed by atoms with Crippen molar-refractivity contribution in [3.05, 3.63) is 90.1 Å². The molecule has 0 radical (unpaired) electrons. The smallest absolute Gasteiger partial charge is 0.240 e. The maximum atomic E-state index is 12.7. The van der Waals surface area contributed by atoms with E-state index in [2.05, 4.69) is 16.6 Å². The van der Waals surface area contributed by atoms with Crippen LogP contribution in [0.3, 0.4) is 0 Å². The summed E-state index contributed by atoms with van der Waals surface area (Å²) >= 11 is 0. The molecule has 4 rings (SSSR count). The first-order valence-corrected chi connectivity index (χ1v) is 13.4. The van der Waals surface area contributed by atoms with Crippen molar-refractivity contribution in [2.45, 2.75) is 37.5 Å². The second kappa shape index (κ2) is 11.3. The predicted octanol–water partition coefficient (Wildman–Crippen LogP) is 5.62. The van der Waals surface area contributed by atoms with Crippen molar-refractivity contribution in [2.24, 2.45) is 0 Å². The largest absolute Gasteiger partial charge is 0.497 e. The highest BCUT2D eigenvalue weighted by atomic mass is 32.2. The molecule has 0 saturated heterocycles. The van der Waals surface area contributed by atoms with Crippen LogP contribution in [0.2, 0.25) is 0 Å². The van der Waals surface area contributed by atoms with E-state index >= 15 is 0 Å². The molecule has 0 spiro atoms. The molecule has 0 aliphatic heterocycles. The monoisotopic (exact) mass is 489 g/mol. The highest BCUT2D eigenvalue weighted by molar-refractivity contribution is 7.89. The summed E-state index contributed by atoms with van der Waals surface area (Å²) in [4.78, 5) is 8.62. The van der Waals surface area contributed by atoms with Gasteiger partial charge in [-0.1, -0.05) is 55.8 Å². The third-order valence-corrected chi connectivity index (χ3v) is 7.33. The second-order valence-corrected chi connectivity index (χ2v) is 10.2. The van der Waals surface area contributed by atoms with Gasteiger partial charge in [-0.05, 0) is 61.2 Å². The van der Waals surface area contributed by atoms with Gasteiger partial charge in [0.25, 0.3) is 0 Å². The lowest BCUT2D eigenvalue weighted by molar-refractivity contribution is 0.415. The summed E-state index contributed by atoms with van der Waals surface area (Å²) in [5.74, 6) is 1.57. The maximum Gasteiger partial charge on any atom is 0.240 e. The highest BCUT2D eigenvalue weighted by Crippen LogP contribution is 2.28. The van der Waals surface area contributed by atoms with Crippen molar-refractivity contribution in [1.82, 2.24) is 14.7 Å². The molecule has 1 heterocycles. The Labute approximate surface area is 207 Å². The molecule has 6 nitrogen and oxygen atoms in total. The molecular formula is C28H31N3O3S. The molecule has 4 aromatic rings. The zero-order chi connectivity index (χ0) is 24.7. The van der Waals surface area contributed by atoms with Gasteiger partial charge in [0.15, 0.2) is 0 Å². The van der Waals surface area contributed by atoms with Crippen molar-refractivity contribution in [3.63, 3.8) is 0 Å². The SMILES string of the molecule is CCCc1ccc(S(=O)(=O)NCCCc2[nH]c(-c3ccccc3)nc2-c2ccc(OC)cc2)cc1. The summed E-state index contributed by atoms with van der Waals surface area (Å²) in [6, 6.07) is 24.9. The average Bonchev–Trinajstić information content (AvgIpc) is 3.32. The van der Waals surface area contributed by atoms with E-state index in [4.69, 9.17) is 9.72 Å². The van der Waals surface area contributed by atoms with E-state index in [-0.39, 0.29) is 0 Å². The van der Waals surface area contributed by atoms with Gasteiger partial charge in [-0.2, -0.15) is 0 Å². The number of rotatable bonds is 11. The molecule has 0 aliphatic carbocycles. The van der Waals surface area contributed by atoms with Crippen LogP contribution >= 0.6 is 0 Å². The van der Waals surface area contributed by atoms with Gasteiger partial charge in [-0.3, -0.25) is 0 Å². The van der Waals surface area contributed by atoms with Gasteiger partial charge in [0, 0.05) is 23.4 Å². The van der Waals surface area contributed by atoms with Crippen LogP contribution in [-0.2, 0) is 22.9 Å². The van der Waals surface area contributed by atoms with Gasteiger partial charge < -0.3 is 9.72 Å². The molecule has 2 N–H and O–H groups in total. The molecule has 0 bridgehead atoms. The van der Waals surface area contributed by atoms with E-state index in [0.29, 0.717) is 24.3 Å². The molecule has 0 atom stereocenters. The third-order valence-electron chi connectivity index (χ3n) is 5.86. The normalized spacial score (nSPS) is 11.5. The maximum absolute atomic E-state index is 12.7. The van der Waals surface area contributed by atoms with Crippen LogP contribution < -0.4 is 9.46 Å². The lowest BCUT2D eigenvalue weighted by atomic mass is 10.1. The van der Waals surface area contributed by atoms with Crippen LogP contribution in [0, 0.1) is 0 Å². The van der Waals surface area contributed by atoms with Crippen molar-refractivity contribution >= 4 is 10.0 Å². The molecule has 0 amide bonds. The van der Waals surface area contributed by atoms with Crippen molar-refractivity contribution in [3.8, 4) is 28.4 Å². The van der Waals surface area contributed by atoms with E-state index in [9.17, 15) is 8.42 Å². The van der Waals surface area contributed by atoms with Crippen LogP contribution in [0.5, 0.6) is 5.75 Å². The van der Waals surface area contributed by atoms with Crippen LogP contribution in [0.4, 0.5) is 0 Å². The average molecular weight is 490 g/mol. The number of nitrogens with zero attached hydrogens (tertiary/aromatic N) is 1. The van der Waals surface area contributed by atoms with E-state index in [0.717, 1.165) is 52.5 Å². The number of aryl methyl sites for hydroxylation is 2. The number of aromatic nitrogens is 2. The van der Waals surface area contributed by atoms with Crippen LogP contribution in [0.1, 0.15) is 31.0 Å². The molecular weight excluding hydrogens is 458 g/mol. The summed E-state index contributed by atoms with van der Waals surface area (Å²) in [6.45, 7) is 2.44. The van der Waals surface area contributed by atoms with Crippen LogP contribution in [0.15, 0.2) is 83.8 Å². The zero-order valence-electron chi connectivity index (χ0n) is 20.1. The molecule has 0 aliphatic rings. The number of hydrogen-bond donors (Lipinski definition) is 2. The predicted molar refractivity (Wildman–Crippen MR) is 140 cm³/mol. The molecule has 35 heavy (non-hydrogen) atoms. The van der Waals surface area contributed by atoms with E-state index in [1.54, 1.807) is 19.2 Å². The molecule has 1 aromatic heterocycles. The van der Waals surface area contributed by atoms with Crippen molar-refractivity contribution in [2.75, 3.05) is 13.7 Å². The number of sulfonamides is 1. The van der Waals surface area contributed by atoms with Crippen LogP contribution in [-0.4, -0.2) is 32.0 Å². The van der Waals surface area contributed by atoms with Gasteiger partial charge in [0.1, 0.15) is 11.6 Å². The summed E-state index contributed by atoms with van der Waals surface area (Å²) in [7, 11) is -1.90. The number of benzene rings is 3. The Morgan fingerprint density at radius 2 is 1.60 bits per heavy atom. The first-order valence-electron chi connectivity index (χ1n) is 11.9. The van der Waals surface area contributed by atoms with E-state index in [1.165, 1.54) is 0 Å². The first-order chi connectivity index (χ1) is 17.0. The lowest BCUT2D eigenvalue weighted by Gasteiger charge is -2.08.